The molecule has 0 saturated carbocycles. The maximum Gasteiger partial charge on any atom is 0.349 e. The van der Waals surface area contributed by atoms with Gasteiger partial charge in [0.05, 0.1) is 0 Å². The van der Waals surface area contributed by atoms with Crippen LogP contribution in [0.3, 0.4) is 0 Å². The highest BCUT2D eigenvalue weighted by molar-refractivity contribution is 5.99. The van der Waals surface area contributed by atoms with E-state index in [4.69, 9.17) is 4.42 Å². The lowest BCUT2D eigenvalue weighted by Gasteiger charge is -2.35. The Bertz CT molecular complexity index is 1070. The first-order valence-electron chi connectivity index (χ1n) is 8.91. The van der Waals surface area contributed by atoms with Crippen molar-refractivity contribution in [3.05, 3.63) is 63.9 Å². The Hall–Kier alpha value is -3.22. The number of hydrogen-bond acceptors (Lipinski definition) is 6. The van der Waals surface area contributed by atoms with Gasteiger partial charge in [0.15, 0.2) is 0 Å². The molecule has 1 aliphatic rings. The maximum atomic E-state index is 13.0. The van der Waals surface area contributed by atoms with Crippen LogP contribution in [0.5, 0.6) is 0 Å². The van der Waals surface area contributed by atoms with Crippen molar-refractivity contribution in [2.75, 3.05) is 31.1 Å². The summed E-state index contributed by atoms with van der Waals surface area (Å²) in [6.45, 7) is 6.00. The number of aromatic nitrogens is 2. The van der Waals surface area contributed by atoms with E-state index in [1.165, 1.54) is 0 Å². The molecule has 0 bridgehead atoms. The van der Waals surface area contributed by atoms with E-state index >= 15 is 0 Å². The number of anilines is 1. The fraction of sp³-hybridized carbons (Fsp3) is 0.300. The Morgan fingerprint density at radius 1 is 1.07 bits per heavy atom. The van der Waals surface area contributed by atoms with Crippen LogP contribution in [0.4, 0.5) is 5.82 Å². The fourth-order valence-corrected chi connectivity index (χ4v) is 3.47. The van der Waals surface area contributed by atoms with Crippen molar-refractivity contribution in [1.29, 1.82) is 0 Å². The van der Waals surface area contributed by atoms with Crippen LogP contribution in [0.25, 0.3) is 11.0 Å². The number of carbonyl (C=O) groups excluding carboxylic acids is 1. The van der Waals surface area contributed by atoms with Crippen LogP contribution >= 0.6 is 0 Å². The Morgan fingerprint density at radius 2 is 1.81 bits per heavy atom. The van der Waals surface area contributed by atoms with Crippen LogP contribution in [-0.4, -0.2) is 47.0 Å². The monoisotopic (exact) mass is 364 g/mol. The van der Waals surface area contributed by atoms with Crippen LogP contribution < -0.4 is 10.5 Å². The molecular weight excluding hydrogens is 344 g/mol. The van der Waals surface area contributed by atoms with Gasteiger partial charge in [0.2, 0.25) is 0 Å². The van der Waals surface area contributed by atoms with E-state index in [1.54, 1.807) is 30.2 Å². The highest BCUT2D eigenvalue weighted by Crippen LogP contribution is 2.21. The molecule has 0 aliphatic carbocycles. The molecule has 7 nitrogen and oxygen atoms in total. The zero-order valence-electron chi connectivity index (χ0n) is 15.3. The molecule has 3 aromatic rings. The van der Waals surface area contributed by atoms with E-state index in [0.29, 0.717) is 37.3 Å². The lowest BCUT2D eigenvalue weighted by molar-refractivity contribution is 0.0741. The van der Waals surface area contributed by atoms with Crippen molar-refractivity contribution in [3.63, 3.8) is 0 Å². The fourth-order valence-electron chi connectivity index (χ4n) is 3.47. The van der Waals surface area contributed by atoms with Crippen molar-refractivity contribution < 1.29 is 9.21 Å². The molecule has 1 amide bonds. The molecule has 0 spiro atoms. The van der Waals surface area contributed by atoms with Gasteiger partial charge >= 0.3 is 5.63 Å². The number of carbonyl (C=O) groups is 1. The first-order chi connectivity index (χ1) is 13.0. The van der Waals surface area contributed by atoms with Crippen LogP contribution in [0.15, 0.2) is 45.7 Å². The van der Waals surface area contributed by atoms with Crippen molar-refractivity contribution in [2.45, 2.75) is 13.8 Å². The first kappa shape index (κ1) is 17.2. The molecule has 0 unspecified atom stereocenters. The molecule has 3 heterocycles. The number of hydrogen-bond donors (Lipinski definition) is 0. The molecule has 0 N–H and O–H groups in total. The van der Waals surface area contributed by atoms with Crippen LogP contribution in [0.1, 0.15) is 21.7 Å². The second kappa shape index (κ2) is 6.83. The Balaban J connectivity index is 1.56. The van der Waals surface area contributed by atoms with Crippen LogP contribution in [-0.2, 0) is 0 Å². The summed E-state index contributed by atoms with van der Waals surface area (Å²) < 4.78 is 5.36. The van der Waals surface area contributed by atoms with Crippen molar-refractivity contribution in [1.82, 2.24) is 14.9 Å². The summed E-state index contributed by atoms with van der Waals surface area (Å²) in [7, 11) is 0. The smallest absolute Gasteiger partial charge is 0.349 e. The summed E-state index contributed by atoms with van der Waals surface area (Å²) in [6, 6.07) is 9.14. The molecule has 1 aromatic carbocycles. The third kappa shape index (κ3) is 3.16. The Kier molecular flexibility index (Phi) is 4.35. The molecule has 0 radical (unpaired) electrons. The molecule has 4 rings (SSSR count). The summed E-state index contributed by atoms with van der Waals surface area (Å²) in [5.41, 5.74) is 0.714. The second-order valence-electron chi connectivity index (χ2n) is 6.63. The zero-order valence-corrected chi connectivity index (χ0v) is 15.3. The van der Waals surface area contributed by atoms with Crippen molar-refractivity contribution in [3.8, 4) is 0 Å². The first-order valence-corrected chi connectivity index (χ1v) is 8.91. The van der Waals surface area contributed by atoms with Gasteiger partial charge in [-0.1, -0.05) is 18.2 Å². The largest absolute Gasteiger partial charge is 0.422 e. The predicted octanol–water partition coefficient (Wildman–Crippen LogP) is 2.16. The van der Waals surface area contributed by atoms with E-state index in [1.807, 2.05) is 25.1 Å². The maximum absolute atomic E-state index is 13.0. The zero-order chi connectivity index (χ0) is 19.0. The standard InChI is InChI=1S/C20H20N4O3/c1-13-15-5-3-4-6-16(15)27-20(26)18(13)19(25)24-11-9-23(10-12-24)17-7-8-21-14(2)22-17/h3-8H,9-12H2,1-2H3. The summed E-state index contributed by atoms with van der Waals surface area (Å²) in [5.74, 6) is 1.30. The quantitative estimate of drug-likeness (QED) is 0.649. The summed E-state index contributed by atoms with van der Waals surface area (Å²) in [6.07, 6.45) is 1.73. The summed E-state index contributed by atoms with van der Waals surface area (Å²) in [5, 5.41) is 0.788. The summed E-state index contributed by atoms with van der Waals surface area (Å²) in [4.78, 5) is 37.8. The molecule has 27 heavy (non-hydrogen) atoms. The third-order valence-corrected chi connectivity index (χ3v) is 4.94. The minimum Gasteiger partial charge on any atom is -0.422 e. The molecule has 7 heteroatoms. The number of nitrogens with zero attached hydrogens (tertiary/aromatic N) is 4. The van der Waals surface area contributed by atoms with Crippen molar-refractivity contribution in [2.24, 2.45) is 0 Å². The molecule has 2 aromatic heterocycles. The third-order valence-electron chi connectivity index (χ3n) is 4.94. The van der Waals surface area contributed by atoms with Crippen LogP contribution in [0, 0.1) is 13.8 Å². The lowest BCUT2D eigenvalue weighted by Crippen LogP contribution is -2.50. The van der Waals surface area contributed by atoms with Gasteiger partial charge in [0.1, 0.15) is 22.8 Å². The van der Waals surface area contributed by atoms with Gasteiger partial charge < -0.3 is 14.2 Å². The molecular formula is C20H20N4O3. The van der Waals surface area contributed by atoms with Crippen molar-refractivity contribution >= 4 is 22.7 Å². The number of rotatable bonds is 2. The van der Waals surface area contributed by atoms with Crippen LogP contribution in [0.2, 0.25) is 0 Å². The number of piperazine rings is 1. The molecule has 0 atom stereocenters. The Labute approximate surface area is 156 Å². The predicted molar refractivity (Wildman–Crippen MR) is 102 cm³/mol. The SMILES string of the molecule is Cc1nccc(N2CCN(C(=O)c3c(C)c4ccccc4oc3=O)CC2)n1. The van der Waals surface area contributed by atoms with Gasteiger partial charge in [-0.15, -0.1) is 0 Å². The van der Waals surface area contributed by atoms with E-state index in [9.17, 15) is 9.59 Å². The van der Waals surface area contributed by atoms with Gasteiger partial charge in [-0.3, -0.25) is 4.79 Å². The van der Waals surface area contributed by atoms with Gasteiger partial charge in [-0.2, -0.15) is 0 Å². The van der Waals surface area contributed by atoms with E-state index in [0.717, 1.165) is 17.0 Å². The second-order valence-corrected chi connectivity index (χ2v) is 6.63. The number of para-hydroxylation sites is 1. The van der Waals surface area contributed by atoms with Gasteiger partial charge in [0, 0.05) is 37.8 Å². The number of fused-ring (bicyclic) bond motifs is 1. The number of benzene rings is 1. The average molecular weight is 364 g/mol. The number of amides is 1. The summed E-state index contributed by atoms with van der Waals surface area (Å²) >= 11 is 0. The van der Waals surface area contributed by atoms with E-state index in [-0.39, 0.29) is 11.5 Å². The topological polar surface area (TPSA) is 79.5 Å². The normalized spacial score (nSPS) is 14.6. The molecule has 1 fully saturated rings. The van der Waals surface area contributed by atoms with E-state index in [2.05, 4.69) is 14.9 Å². The number of aryl methyl sites for hydroxylation is 2. The molecule has 138 valence electrons. The van der Waals surface area contributed by atoms with Gasteiger partial charge in [-0.25, -0.2) is 14.8 Å². The lowest BCUT2D eigenvalue weighted by atomic mass is 10.0. The minimum atomic E-state index is -0.579. The van der Waals surface area contributed by atoms with E-state index < -0.39 is 5.63 Å². The molecule has 1 aliphatic heterocycles. The Morgan fingerprint density at radius 3 is 2.56 bits per heavy atom. The highest BCUT2D eigenvalue weighted by atomic mass is 16.4. The molecule has 1 saturated heterocycles. The average Bonchev–Trinajstić information content (AvgIpc) is 2.68. The highest BCUT2D eigenvalue weighted by Gasteiger charge is 2.27. The minimum absolute atomic E-state index is 0.125. The van der Waals surface area contributed by atoms with Gasteiger partial charge in [0.25, 0.3) is 5.91 Å². The van der Waals surface area contributed by atoms with Gasteiger partial charge in [-0.05, 0) is 31.5 Å².